The number of rotatable bonds is 10. The van der Waals surface area contributed by atoms with Crippen molar-refractivity contribution in [2.75, 3.05) is 50.0 Å². The number of halogens is 5. The molecule has 3 saturated heterocycles. The Morgan fingerprint density at radius 2 is 1.79 bits per heavy atom. The average molecular weight is 871 g/mol. The van der Waals surface area contributed by atoms with Crippen LogP contribution in [0.4, 0.5) is 34.8 Å². The van der Waals surface area contributed by atoms with Crippen molar-refractivity contribution >= 4 is 52.2 Å². The molecule has 13 nitrogen and oxygen atoms in total. The average Bonchev–Trinajstić information content (AvgIpc) is 3.55. The van der Waals surface area contributed by atoms with Crippen LogP contribution in [0.15, 0.2) is 60.9 Å². The third-order valence-corrected chi connectivity index (χ3v) is 13.5. The van der Waals surface area contributed by atoms with Crippen LogP contribution >= 0.6 is 11.6 Å². The van der Waals surface area contributed by atoms with Crippen LogP contribution in [0, 0.1) is 11.2 Å². The van der Waals surface area contributed by atoms with Gasteiger partial charge in [-0.05, 0) is 66.3 Å². The number of nitrogens with zero attached hydrogens (tertiary/aromatic N) is 7. The first-order chi connectivity index (χ1) is 29.8. The number of benzene rings is 2. The maximum absolute atomic E-state index is 16.0. The van der Waals surface area contributed by atoms with E-state index in [9.17, 15) is 23.2 Å². The van der Waals surface area contributed by atoms with Gasteiger partial charge in [-0.3, -0.25) is 34.5 Å². The molecular formula is C44H43ClF4N10O3. The Bertz CT molecular complexity index is 2640. The van der Waals surface area contributed by atoms with Gasteiger partial charge in [-0.1, -0.05) is 35.9 Å². The summed E-state index contributed by atoms with van der Waals surface area (Å²) in [7, 11) is 1.77. The summed E-state index contributed by atoms with van der Waals surface area (Å²) in [6, 6.07) is 14.2. The number of likely N-dealkylation sites (tertiary alicyclic amines) is 2. The van der Waals surface area contributed by atoms with Crippen molar-refractivity contribution in [3.8, 4) is 11.3 Å². The lowest BCUT2D eigenvalue weighted by molar-refractivity contribution is -0.227. The SMILES string of the molecule is CNc1cc(N2CCc3c(-c4ccc(CN5CC6(CCN(Cc7cc(F)c(Cl)c(C8CCC(=O)NC8=O)c7)CC6(F)F)C5)cn4)cccc32)nn2c(C(=O)NC3C[C@@H]3F)cnc12. The van der Waals surface area contributed by atoms with Crippen molar-refractivity contribution in [1.29, 1.82) is 0 Å². The van der Waals surface area contributed by atoms with Crippen molar-refractivity contribution in [2.45, 2.75) is 69.2 Å². The first kappa shape index (κ1) is 40.4. The van der Waals surface area contributed by atoms with Crippen LogP contribution in [0.25, 0.3) is 16.9 Å². The summed E-state index contributed by atoms with van der Waals surface area (Å²) in [6.07, 6.45) is 3.82. The highest BCUT2D eigenvalue weighted by Gasteiger charge is 2.62. The first-order valence-electron chi connectivity index (χ1n) is 20.8. The summed E-state index contributed by atoms with van der Waals surface area (Å²) >= 11 is 6.24. The lowest BCUT2D eigenvalue weighted by Crippen LogP contribution is -2.69. The Labute approximate surface area is 358 Å². The van der Waals surface area contributed by atoms with Gasteiger partial charge in [0.15, 0.2) is 17.2 Å². The van der Waals surface area contributed by atoms with E-state index in [1.165, 1.54) is 16.8 Å². The molecule has 0 radical (unpaired) electrons. The number of fused-ring (bicyclic) bond motifs is 2. The maximum atomic E-state index is 16.0. The van der Waals surface area contributed by atoms with Gasteiger partial charge in [0.2, 0.25) is 11.8 Å². The van der Waals surface area contributed by atoms with Gasteiger partial charge in [-0.2, -0.15) is 0 Å². The minimum Gasteiger partial charge on any atom is -0.385 e. The van der Waals surface area contributed by atoms with Gasteiger partial charge in [0.05, 0.1) is 46.5 Å². The van der Waals surface area contributed by atoms with Crippen LogP contribution in [0.2, 0.25) is 5.02 Å². The molecule has 2 unspecified atom stereocenters. The van der Waals surface area contributed by atoms with E-state index in [0.717, 1.165) is 34.5 Å². The van der Waals surface area contributed by atoms with Gasteiger partial charge >= 0.3 is 0 Å². The van der Waals surface area contributed by atoms with Gasteiger partial charge in [-0.15, -0.1) is 5.10 Å². The largest absolute Gasteiger partial charge is 0.385 e. The lowest BCUT2D eigenvalue weighted by atomic mass is 9.69. The molecule has 1 spiro atoms. The monoisotopic (exact) mass is 870 g/mol. The summed E-state index contributed by atoms with van der Waals surface area (Å²) in [5.41, 5.74) is 5.66. The Balaban J connectivity index is 0.785. The number of imide groups is 1. The molecule has 5 aliphatic rings. The molecule has 62 heavy (non-hydrogen) atoms. The molecule has 322 valence electrons. The molecule has 1 saturated carbocycles. The second-order valence-corrected chi connectivity index (χ2v) is 17.6. The summed E-state index contributed by atoms with van der Waals surface area (Å²) in [5.74, 6) is -5.26. The predicted molar refractivity (Wildman–Crippen MR) is 223 cm³/mol. The topological polar surface area (TPSA) is 140 Å². The molecule has 1 aliphatic carbocycles. The number of hydrogen-bond donors (Lipinski definition) is 3. The highest BCUT2D eigenvalue weighted by Crippen LogP contribution is 2.51. The Morgan fingerprint density at radius 3 is 2.52 bits per heavy atom. The molecule has 2 aromatic carbocycles. The van der Waals surface area contributed by atoms with E-state index < -0.39 is 59.6 Å². The smallest absolute Gasteiger partial charge is 0.271 e. The van der Waals surface area contributed by atoms with Gasteiger partial charge < -0.3 is 15.5 Å². The molecule has 10 rings (SSSR count). The molecular weight excluding hydrogens is 828 g/mol. The highest BCUT2D eigenvalue weighted by molar-refractivity contribution is 6.32. The highest BCUT2D eigenvalue weighted by atomic mass is 35.5. The Morgan fingerprint density at radius 1 is 0.984 bits per heavy atom. The molecule has 18 heteroatoms. The summed E-state index contributed by atoms with van der Waals surface area (Å²) in [5, 5.41) is 12.7. The third-order valence-electron chi connectivity index (χ3n) is 13.1. The second-order valence-electron chi connectivity index (χ2n) is 17.2. The zero-order valence-electron chi connectivity index (χ0n) is 33.7. The van der Waals surface area contributed by atoms with Crippen LogP contribution < -0.4 is 20.9 Å². The van der Waals surface area contributed by atoms with Gasteiger partial charge in [0.25, 0.3) is 11.8 Å². The van der Waals surface area contributed by atoms with E-state index in [2.05, 4.69) is 25.8 Å². The number of imidazole rings is 1. The molecule has 7 heterocycles. The van der Waals surface area contributed by atoms with Crippen LogP contribution in [-0.4, -0.2) is 105 Å². The van der Waals surface area contributed by atoms with Gasteiger partial charge in [0, 0.05) is 76.1 Å². The zero-order chi connectivity index (χ0) is 43.1. The fourth-order valence-electron chi connectivity index (χ4n) is 9.62. The van der Waals surface area contributed by atoms with Crippen LogP contribution in [0.3, 0.4) is 0 Å². The lowest BCUT2D eigenvalue weighted by Gasteiger charge is -2.57. The van der Waals surface area contributed by atoms with E-state index in [4.69, 9.17) is 21.7 Å². The number of piperidine rings is 2. The van der Waals surface area contributed by atoms with Crippen LogP contribution in [0.5, 0.6) is 0 Å². The van der Waals surface area contributed by atoms with Crippen molar-refractivity contribution < 1.29 is 31.9 Å². The van der Waals surface area contributed by atoms with Crippen molar-refractivity contribution in [2.24, 2.45) is 5.41 Å². The summed E-state index contributed by atoms with van der Waals surface area (Å²) < 4.78 is 61.9. The number of carbonyl (C=O) groups excluding carboxylic acids is 3. The van der Waals surface area contributed by atoms with E-state index in [0.29, 0.717) is 48.8 Å². The van der Waals surface area contributed by atoms with Crippen molar-refractivity contribution in [1.82, 2.24) is 40.0 Å². The summed E-state index contributed by atoms with van der Waals surface area (Å²) in [6.45, 7) is 1.61. The zero-order valence-corrected chi connectivity index (χ0v) is 34.5. The molecule has 4 aliphatic heterocycles. The fraction of sp³-hybridized carbons (Fsp3) is 0.409. The summed E-state index contributed by atoms with van der Waals surface area (Å²) in [4.78, 5) is 52.1. The molecule has 3 aromatic heterocycles. The third kappa shape index (κ3) is 7.12. The molecule has 0 bridgehead atoms. The first-order valence-corrected chi connectivity index (χ1v) is 21.2. The van der Waals surface area contributed by atoms with Crippen LogP contribution in [0.1, 0.15) is 64.3 Å². The number of nitrogens with one attached hydrogen (secondary N) is 3. The predicted octanol–water partition coefficient (Wildman–Crippen LogP) is 6.02. The Kier molecular flexibility index (Phi) is 9.98. The number of carbonyl (C=O) groups is 3. The number of pyridine rings is 1. The molecule has 3 N–H and O–H groups in total. The van der Waals surface area contributed by atoms with Crippen molar-refractivity contribution in [3.63, 3.8) is 0 Å². The number of amides is 3. The van der Waals surface area contributed by atoms with Gasteiger partial charge in [0.1, 0.15) is 12.0 Å². The Hall–Kier alpha value is -5.65. The quantitative estimate of drug-likeness (QED) is 0.113. The molecule has 4 fully saturated rings. The standard InChI is InChI=1S/C44H43ClF4N10O3/c1-50-34-16-37(55-59-36(18-52-40(34)59)42(62)53-33-15-30(33)46)58-11-9-27-26(3-2-4-35(27)58)32-7-5-24(17-51-32)19-57-21-43(22-57)10-12-56(23-44(43,48)49)20-25-13-29(39(45)31(47)14-25)28-6-8-38(60)54-41(28)61/h2-5,7,13-14,16-18,28,30,33,50H,6,8-12,15,19-23H2,1H3,(H,53,62)(H,54,60,61)/t28?,30-,33?/m0/s1. The minimum atomic E-state index is -2.98. The van der Waals surface area contributed by atoms with Gasteiger partial charge in [-0.25, -0.2) is 27.1 Å². The van der Waals surface area contributed by atoms with E-state index in [-0.39, 0.29) is 55.2 Å². The number of alkyl halides is 3. The number of hydrogen-bond acceptors (Lipinski definition) is 10. The number of aromatic nitrogens is 4. The maximum Gasteiger partial charge on any atom is 0.271 e. The van der Waals surface area contributed by atoms with Crippen molar-refractivity contribution in [3.05, 3.63) is 99.7 Å². The molecule has 5 aromatic rings. The van der Waals surface area contributed by atoms with E-state index in [1.54, 1.807) is 24.2 Å². The number of anilines is 3. The second kappa shape index (κ2) is 15.3. The molecule has 3 amide bonds. The minimum absolute atomic E-state index is 0.0743. The molecule has 3 atom stereocenters. The normalized spacial score (nSPS) is 23.0. The van der Waals surface area contributed by atoms with E-state index in [1.807, 2.05) is 41.3 Å². The fourth-order valence-corrected chi connectivity index (χ4v) is 9.86. The van der Waals surface area contributed by atoms with E-state index >= 15 is 8.78 Å². The van der Waals surface area contributed by atoms with Crippen LogP contribution in [-0.2, 0) is 29.1 Å².